The molecule has 0 bridgehead atoms. The number of ether oxygens (including phenoxy) is 1. The van der Waals surface area contributed by atoms with Gasteiger partial charge in [-0.2, -0.15) is 13.2 Å². The van der Waals surface area contributed by atoms with Gasteiger partial charge in [-0.05, 0) is 24.3 Å². The molecule has 0 radical (unpaired) electrons. The number of benzene rings is 2. The summed E-state index contributed by atoms with van der Waals surface area (Å²) in [6.45, 7) is -0.317. The molecule has 1 atom stereocenters. The van der Waals surface area contributed by atoms with Gasteiger partial charge in [0.2, 0.25) is 17.7 Å². The summed E-state index contributed by atoms with van der Waals surface area (Å²) in [5.74, 6) is -1.56. The minimum atomic E-state index is -4.63. The fourth-order valence-electron chi connectivity index (χ4n) is 3.53. The summed E-state index contributed by atoms with van der Waals surface area (Å²) >= 11 is 0. The highest BCUT2D eigenvalue weighted by Gasteiger charge is 2.37. The van der Waals surface area contributed by atoms with Crippen LogP contribution in [0.5, 0.6) is 5.75 Å². The summed E-state index contributed by atoms with van der Waals surface area (Å²) in [6, 6.07) is 11.5. The van der Waals surface area contributed by atoms with Crippen LogP contribution in [0.15, 0.2) is 48.5 Å². The maximum atomic E-state index is 13.1. The van der Waals surface area contributed by atoms with Crippen LogP contribution in [0, 0.1) is 5.92 Å². The van der Waals surface area contributed by atoms with E-state index in [2.05, 4.69) is 5.32 Å². The Labute approximate surface area is 182 Å². The van der Waals surface area contributed by atoms with Crippen LogP contribution in [0.4, 0.5) is 24.5 Å². The Morgan fingerprint density at radius 1 is 1.19 bits per heavy atom. The van der Waals surface area contributed by atoms with E-state index in [0.29, 0.717) is 11.4 Å². The molecule has 0 aromatic heterocycles. The molecule has 2 aromatic rings. The number of likely N-dealkylation sites (N-methyl/N-ethyl adjacent to an activating group) is 1. The van der Waals surface area contributed by atoms with E-state index < -0.39 is 36.0 Å². The molecular formula is C22H22F3N3O4. The first-order chi connectivity index (χ1) is 15.1. The lowest BCUT2D eigenvalue weighted by molar-refractivity contribution is -0.138. The number of anilines is 2. The number of methoxy groups -OCH3 is 1. The lowest BCUT2D eigenvalue weighted by Gasteiger charge is -2.22. The van der Waals surface area contributed by atoms with Gasteiger partial charge < -0.3 is 19.9 Å². The minimum Gasteiger partial charge on any atom is -0.497 e. The number of para-hydroxylation sites is 1. The number of halogens is 3. The third kappa shape index (κ3) is 5.19. The van der Waals surface area contributed by atoms with E-state index in [-0.39, 0.29) is 24.6 Å². The third-order valence-electron chi connectivity index (χ3n) is 5.10. The Kier molecular flexibility index (Phi) is 6.71. The van der Waals surface area contributed by atoms with Gasteiger partial charge in [0, 0.05) is 31.8 Å². The van der Waals surface area contributed by atoms with E-state index in [1.165, 1.54) is 31.2 Å². The van der Waals surface area contributed by atoms with Crippen LogP contribution in [0.2, 0.25) is 0 Å². The predicted molar refractivity (Wildman–Crippen MR) is 111 cm³/mol. The Morgan fingerprint density at radius 3 is 2.59 bits per heavy atom. The van der Waals surface area contributed by atoms with Gasteiger partial charge in [-0.1, -0.05) is 18.2 Å². The van der Waals surface area contributed by atoms with E-state index in [1.54, 1.807) is 24.3 Å². The summed E-state index contributed by atoms with van der Waals surface area (Å²) in [6.07, 6.45) is -4.65. The standard InChI is InChI=1S/C22H22F3N3O4/c1-27(13-19(29)26-18-9-4-3-8-17(18)22(23,24)25)21(31)14-10-20(30)28(12-14)15-6-5-7-16(11-15)32-2/h3-9,11,14H,10,12-13H2,1-2H3,(H,26,29)/t14-/m0/s1. The number of nitrogens with zero attached hydrogens (tertiary/aromatic N) is 2. The number of hydrogen-bond donors (Lipinski definition) is 1. The average molecular weight is 449 g/mol. The monoisotopic (exact) mass is 449 g/mol. The Hall–Kier alpha value is -3.56. The zero-order valence-electron chi connectivity index (χ0n) is 17.5. The van der Waals surface area contributed by atoms with Crippen LogP contribution in [-0.2, 0) is 20.6 Å². The van der Waals surface area contributed by atoms with Gasteiger partial charge in [0.1, 0.15) is 5.75 Å². The van der Waals surface area contributed by atoms with Gasteiger partial charge >= 0.3 is 6.18 Å². The second-order valence-electron chi connectivity index (χ2n) is 7.39. The lowest BCUT2D eigenvalue weighted by atomic mass is 10.1. The van der Waals surface area contributed by atoms with E-state index in [4.69, 9.17) is 4.74 Å². The maximum Gasteiger partial charge on any atom is 0.418 e. The molecule has 0 spiro atoms. The van der Waals surface area contributed by atoms with Crippen molar-refractivity contribution in [1.29, 1.82) is 0 Å². The SMILES string of the molecule is COc1cccc(N2C[C@@H](C(=O)N(C)CC(=O)Nc3ccccc3C(F)(F)F)CC2=O)c1. The van der Waals surface area contributed by atoms with E-state index in [9.17, 15) is 27.6 Å². The molecule has 170 valence electrons. The van der Waals surface area contributed by atoms with E-state index in [0.717, 1.165) is 17.0 Å². The first-order valence-corrected chi connectivity index (χ1v) is 9.75. The van der Waals surface area contributed by atoms with Crippen molar-refractivity contribution in [3.05, 3.63) is 54.1 Å². The van der Waals surface area contributed by atoms with Gasteiger partial charge in [0.25, 0.3) is 0 Å². The van der Waals surface area contributed by atoms with Crippen LogP contribution >= 0.6 is 0 Å². The van der Waals surface area contributed by atoms with Crippen molar-refractivity contribution in [1.82, 2.24) is 4.90 Å². The molecule has 3 amide bonds. The molecule has 1 saturated heterocycles. The first-order valence-electron chi connectivity index (χ1n) is 9.75. The van der Waals surface area contributed by atoms with Crippen LogP contribution in [0.3, 0.4) is 0 Å². The number of carbonyl (C=O) groups excluding carboxylic acids is 3. The zero-order chi connectivity index (χ0) is 23.5. The van der Waals surface area contributed by atoms with Crippen molar-refractivity contribution in [2.24, 2.45) is 5.92 Å². The summed E-state index contributed by atoms with van der Waals surface area (Å²) < 4.78 is 44.4. The number of alkyl halides is 3. The quantitative estimate of drug-likeness (QED) is 0.735. The second-order valence-corrected chi connectivity index (χ2v) is 7.39. The van der Waals surface area contributed by atoms with Gasteiger partial charge in [-0.3, -0.25) is 14.4 Å². The molecule has 1 aliphatic rings. The van der Waals surface area contributed by atoms with Crippen molar-refractivity contribution in [2.75, 3.05) is 37.5 Å². The number of nitrogens with one attached hydrogen (secondary N) is 1. The predicted octanol–water partition coefficient (Wildman–Crippen LogP) is 3.16. The molecular weight excluding hydrogens is 427 g/mol. The number of hydrogen-bond acceptors (Lipinski definition) is 4. The topological polar surface area (TPSA) is 79.0 Å². The Balaban J connectivity index is 1.63. The number of amides is 3. The number of carbonyl (C=O) groups is 3. The fourth-order valence-corrected chi connectivity index (χ4v) is 3.53. The first kappa shape index (κ1) is 23.1. The number of rotatable bonds is 6. The summed E-state index contributed by atoms with van der Waals surface area (Å²) in [5.41, 5.74) is -0.766. The molecule has 1 aliphatic heterocycles. The second kappa shape index (κ2) is 9.29. The van der Waals surface area contributed by atoms with Gasteiger partial charge in [0.05, 0.1) is 30.8 Å². The van der Waals surface area contributed by atoms with Crippen molar-refractivity contribution >= 4 is 29.1 Å². The van der Waals surface area contributed by atoms with Crippen molar-refractivity contribution in [2.45, 2.75) is 12.6 Å². The van der Waals surface area contributed by atoms with Crippen LogP contribution in [-0.4, -0.2) is 49.9 Å². The highest BCUT2D eigenvalue weighted by molar-refractivity contribution is 6.01. The molecule has 7 nitrogen and oxygen atoms in total. The Morgan fingerprint density at radius 2 is 1.91 bits per heavy atom. The largest absolute Gasteiger partial charge is 0.497 e. The molecule has 0 saturated carbocycles. The highest BCUT2D eigenvalue weighted by atomic mass is 19.4. The van der Waals surface area contributed by atoms with E-state index >= 15 is 0 Å². The molecule has 1 heterocycles. The van der Waals surface area contributed by atoms with Crippen molar-refractivity contribution in [3.8, 4) is 5.75 Å². The van der Waals surface area contributed by atoms with Gasteiger partial charge in [-0.15, -0.1) is 0 Å². The maximum absolute atomic E-state index is 13.1. The summed E-state index contributed by atoms with van der Waals surface area (Å²) in [5, 5.41) is 2.21. The normalized spacial score (nSPS) is 16.1. The van der Waals surface area contributed by atoms with Crippen molar-refractivity contribution < 1.29 is 32.3 Å². The molecule has 1 N–H and O–H groups in total. The lowest BCUT2D eigenvalue weighted by Crippen LogP contribution is -2.39. The third-order valence-corrected chi connectivity index (χ3v) is 5.10. The fraction of sp³-hybridized carbons (Fsp3) is 0.318. The molecule has 2 aromatic carbocycles. The van der Waals surface area contributed by atoms with Crippen LogP contribution in [0.1, 0.15) is 12.0 Å². The highest BCUT2D eigenvalue weighted by Crippen LogP contribution is 2.34. The van der Waals surface area contributed by atoms with Crippen LogP contribution < -0.4 is 15.0 Å². The molecule has 32 heavy (non-hydrogen) atoms. The molecule has 1 fully saturated rings. The minimum absolute atomic E-state index is 0.0289. The van der Waals surface area contributed by atoms with Crippen LogP contribution in [0.25, 0.3) is 0 Å². The zero-order valence-corrected chi connectivity index (χ0v) is 17.5. The molecule has 10 heteroatoms. The van der Waals surface area contributed by atoms with Gasteiger partial charge in [0.15, 0.2) is 0 Å². The van der Waals surface area contributed by atoms with Gasteiger partial charge in [-0.25, -0.2) is 0 Å². The smallest absolute Gasteiger partial charge is 0.418 e. The molecule has 0 aliphatic carbocycles. The van der Waals surface area contributed by atoms with E-state index in [1.807, 2.05) is 0 Å². The van der Waals surface area contributed by atoms with Crippen molar-refractivity contribution in [3.63, 3.8) is 0 Å². The average Bonchev–Trinajstić information content (AvgIpc) is 3.14. The summed E-state index contributed by atoms with van der Waals surface area (Å²) in [4.78, 5) is 40.1. The molecule has 0 unspecified atom stereocenters. The molecule has 3 rings (SSSR count). The Bertz CT molecular complexity index is 1030. The summed E-state index contributed by atoms with van der Waals surface area (Å²) in [7, 11) is 2.88.